The molecule has 0 amide bonds. The second kappa shape index (κ2) is 7.39. The normalized spacial score (nSPS) is 12.7. The Morgan fingerprint density at radius 2 is 2.10 bits per heavy atom. The van der Waals surface area contributed by atoms with E-state index in [4.69, 9.17) is 9.47 Å². The Labute approximate surface area is 177 Å². The lowest BCUT2D eigenvalue weighted by Gasteiger charge is -2.17. The Balaban J connectivity index is 1.62. The predicted molar refractivity (Wildman–Crippen MR) is 113 cm³/mol. The number of esters is 1. The number of fused-ring (bicyclic) bond motifs is 2. The highest BCUT2D eigenvalue weighted by atomic mass is 19.1. The number of benzene rings is 2. The molecule has 7 nitrogen and oxygen atoms in total. The zero-order valence-electron chi connectivity index (χ0n) is 17.0. The van der Waals surface area contributed by atoms with Crippen molar-refractivity contribution in [1.82, 2.24) is 14.4 Å². The summed E-state index contributed by atoms with van der Waals surface area (Å²) in [4.78, 5) is 21.4. The van der Waals surface area contributed by atoms with Crippen molar-refractivity contribution in [2.75, 3.05) is 12.4 Å². The fourth-order valence-electron chi connectivity index (χ4n) is 3.88. The minimum atomic E-state index is -0.496. The molecule has 0 radical (unpaired) electrons. The quantitative estimate of drug-likeness (QED) is 0.502. The molecule has 2 aromatic heterocycles. The van der Waals surface area contributed by atoms with Crippen LogP contribution in [0.1, 0.15) is 27.2 Å². The van der Waals surface area contributed by atoms with E-state index in [2.05, 4.69) is 15.3 Å². The van der Waals surface area contributed by atoms with E-state index in [-0.39, 0.29) is 24.7 Å². The van der Waals surface area contributed by atoms with Crippen LogP contribution < -0.4 is 10.1 Å². The lowest BCUT2D eigenvalue weighted by Crippen LogP contribution is -2.13. The summed E-state index contributed by atoms with van der Waals surface area (Å²) in [7, 11) is 1.49. The summed E-state index contributed by atoms with van der Waals surface area (Å²) in [6, 6.07) is 10.7. The van der Waals surface area contributed by atoms with E-state index in [0.29, 0.717) is 22.8 Å². The smallest absolute Gasteiger partial charge is 0.359 e. The molecule has 2 aromatic carbocycles. The number of nitrogens with zero attached hydrogens (tertiary/aromatic N) is 3. The van der Waals surface area contributed by atoms with E-state index in [1.165, 1.54) is 19.5 Å². The highest BCUT2D eigenvalue weighted by molar-refractivity contribution is 6.01. The number of ether oxygens (including phenoxy) is 2. The van der Waals surface area contributed by atoms with Crippen molar-refractivity contribution < 1.29 is 18.7 Å². The molecule has 1 aliphatic rings. The Morgan fingerprint density at radius 3 is 2.94 bits per heavy atom. The number of imidazole rings is 1. The molecule has 1 aliphatic heterocycles. The van der Waals surface area contributed by atoms with E-state index < -0.39 is 5.97 Å². The van der Waals surface area contributed by atoms with Crippen LogP contribution in [0.3, 0.4) is 0 Å². The molecule has 8 heteroatoms. The van der Waals surface area contributed by atoms with E-state index in [1.54, 1.807) is 22.7 Å². The van der Waals surface area contributed by atoms with Gasteiger partial charge in [0.15, 0.2) is 5.69 Å². The first-order valence-electron chi connectivity index (χ1n) is 9.75. The molecule has 0 saturated heterocycles. The van der Waals surface area contributed by atoms with E-state index in [1.807, 2.05) is 25.1 Å². The molecule has 156 valence electrons. The maximum absolute atomic E-state index is 14.3. The number of aromatic nitrogens is 3. The summed E-state index contributed by atoms with van der Waals surface area (Å²) in [5, 5.41) is 3.13. The number of methoxy groups -OCH3 is 1. The van der Waals surface area contributed by atoms with Gasteiger partial charge in [0.2, 0.25) is 5.95 Å². The van der Waals surface area contributed by atoms with E-state index in [9.17, 15) is 9.18 Å². The summed E-state index contributed by atoms with van der Waals surface area (Å²) < 4.78 is 26.7. The third kappa shape index (κ3) is 3.16. The third-order valence-corrected chi connectivity index (χ3v) is 5.39. The van der Waals surface area contributed by atoms with Crippen LogP contribution in [0.15, 0.2) is 48.9 Å². The van der Waals surface area contributed by atoms with Crippen LogP contribution in [-0.4, -0.2) is 27.4 Å². The number of anilines is 1. The fraction of sp³-hybridized carbons (Fsp3) is 0.174. The lowest BCUT2D eigenvalue weighted by atomic mass is 9.97. The standard InChI is InChI=1S/C23H19FN4O3/c1-13-6-7-15-14(8-13)11-31-22(29)20-21-16(15)9-25-23(28(21)12-27-20)26-10-17-18(24)4-3-5-19(17)30-2/h3-9,12H,10-11H2,1-2H3,(H,25,26). The first kappa shape index (κ1) is 19.0. The number of halogens is 1. The van der Waals surface area contributed by atoms with Gasteiger partial charge in [0.25, 0.3) is 0 Å². The fourth-order valence-corrected chi connectivity index (χ4v) is 3.88. The van der Waals surface area contributed by atoms with Gasteiger partial charge in [-0.05, 0) is 30.2 Å². The first-order valence-corrected chi connectivity index (χ1v) is 9.75. The van der Waals surface area contributed by atoms with Gasteiger partial charge < -0.3 is 14.8 Å². The summed E-state index contributed by atoms with van der Waals surface area (Å²) in [5.41, 5.74) is 4.88. The van der Waals surface area contributed by atoms with Gasteiger partial charge in [-0.3, -0.25) is 4.40 Å². The van der Waals surface area contributed by atoms with Gasteiger partial charge in [0.1, 0.15) is 24.5 Å². The number of hydrogen-bond donors (Lipinski definition) is 1. The second-order valence-electron chi connectivity index (χ2n) is 7.32. The van der Waals surface area contributed by atoms with Gasteiger partial charge in [-0.15, -0.1) is 0 Å². The molecule has 3 heterocycles. The number of aryl methyl sites for hydroxylation is 1. The van der Waals surface area contributed by atoms with Crippen molar-refractivity contribution in [3.63, 3.8) is 0 Å². The summed E-state index contributed by atoms with van der Waals surface area (Å²) in [6.45, 7) is 2.30. The van der Waals surface area contributed by atoms with Gasteiger partial charge in [-0.2, -0.15) is 0 Å². The Kier molecular flexibility index (Phi) is 4.54. The van der Waals surface area contributed by atoms with Gasteiger partial charge >= 0.3 is 5.97 Å². The molecule has 1 N–H and O–H groups in total. The average molecular weight is 418 g/mol. The van der Waals surface area contributed by atoms with Crippen LogP contribution in [0.2, 0.25) is 0 Å². The largest absolute Gasteiger partial charge is 0.496 e. The first-order chi connectivity index (χ1) is 15.1. The van der Waals surface area contributed by atoms with E-state index >= 15 is 0 Å². The molecule has 5 rings (SSSR count). The number of rotatable bonds is 4. The number of nitrogens with one attached hydrogen (secondary N) is 1. The van der Waals surface area contributed by atoms with Crippen molar-refractivity contribution in [3.05, 3.63) is 77.1 Å². The number of carbonyl (C=O) groups excluding carboxylic acids is 1. The van der Waals surface area contributed by atoms with Crippen molar-refractivity contribution in [3.8, 4) is 16.9 Å². The number of hydrogen-bond acceptors (Lipinski definition) is 6. The van der Waals surface area contributed by atoms with Crippen LogP contribution in [-0.2, 0) is 17.9 Å². The summed E-state index contributed by atoms with van der Waals surface area (Å²) in [5.74, 6) is -0.0176. The Hall–Kier alpha value is -3.94. The minimum Gasteiger partial charge on any atom is -0.496 e. The summed E-state index contributed by atoms with van der Waals surface area (Å²) in [6.07, 6.45) is 3.22. The third-order valence-electron chi connectivity index (χ3n) is 5.39. The zero-order chi connectivity index (χ0) is 21.5. The van der Waals surface area contributed by atoms with Gasteiger partial charge in [-0.1, -0.05) is 29.8 Å². The zero-order valence-corrected chi connectivity index (χ0v) is 17.0. The van der Waals surface area contributed by atoms with Crippen LogP contribution in [0.5, 0.6) is 5.75 Å². The Morgan fingerprint density at radius 1 is 1.23 bits per heavy atom. The molecular formula is C23H19FN4O3. The van der Waals surface area contributed by atoms with Crippen molar-refractivity contribution in [2.24, 2.45) is 0 Å². The van der Waals surface area contributed by atoms with Crippen molar-refractivity contribution in [1.29, 1.82) is 0 Å². The van der Waals surface area contributed by atoms with Crippen molar-refractivity contribution >= 4 is 17.4 Å². The molecule has 31 heavy (non-hydrogen) atoms. The van der Waals surface area contributed by atoms with Crippen LogP contribution in [0, 0.1) is 12.7 Å². The topological polar surface area (TPSA) is 77.8 Å². The highest BCUT2D eigenvalue weighted by Crippen LogP contribution is 2.34. The molecule has 0 atom stereocenters. The van der Waals surface area contributed by atoms with Gasteiger partial charge in [0, 0.05) is 23.9 Å². The summed E-state index contributed by atoms with van der Waals surface area (Å²) >= 11 is 0. The molecule has 0 saturated carbocycles. The van der Waals surface area contributed by atoms with Crippen LogP contribution in [0.4, 0.5) is 10.3 Å². The van der Waals surface area contributed by atoms with Gasteiger partial charge in [-0.25, -0.2) is 19.2 Å². The monoisotopic (exact) mass is 418 g/mol. The molecular weight excluding hydrogens is 399 g/mol. The van der Waals surface area contributed by atoms with E-state index in [0.717, 1.165) is 22.3 Å². The molecule has 0 aliphatic carbocycles. The van der Waals surface area contributed by atoms with Crippen LogP contribution in [0.25, 0.3) is 16.6 Å². The minimum absolute atomic E-state index is 0.144. The highest BCUT2D eigenvalue weighted by Gasteiger charge is 2.25. The molecule has 0 spiro atoms. The van der Waals surface area contributed by atoms with Crippen LogP contribution >= 0.6 is 0 Å². The maximum atomic E-state index is 14.3. The maximum Gasteiger partial charge on any atom is 0.359 e. The number of carbonyl (C=O) groups is 1. The SMILES string of the molecule is COc1cccc(F)c1CNc1ncc2c3c(ncn13)C(=O)OCc1cc(C)ccc1-2. The molecule has 0 fully saturated rings. The lowest BCUT2D eigenvalue weighted by molar-refractivity contribution is 0.0468. The second-order valence-corrected chi connectivity index (χ2v) is 7.32. The molecule has 4 aromatic rings. The predicted octanol–water partition coefficient (Wildman–Crippen LogP) is 4.13. The number of cyclic esters (lactones) is 1. The Bertz CT molecular complexity index is 1330. The van der Waals surface area contributed by atoms with Crippen molar-refractivity contribution in [2.45, 2.75) is 20.1 Å². The average Bonchev–Trinajstić information content (AvgIpc) is 3.21. The molecule has 0 bridgehead atoms. The van der Waals surface area contributed by atoms with Gasteiger partial charge in [0.05, 0.1) is 12.6 Å². The molecule has 0 unspecified atom stereocenters.